The summed E-state index contributed by atoms with van der Waals surface area (Å²) in [5, 5.41) is 12.5. The van der Waals surface area contributed by atoms with Crippen molar-refractivity contribution in [3.63, 3.8) is 0 Å². The topological polar surface area (TPSA) is 101 Å². The number of thiophene rings is 1. The van der Waals surface area contributed by atoms with Crippen LogP contribution in [0.15, 0.2) is 18.3 Å². The maximum atomic E-state index is 12.8. The molecule has 1 aliphatic rings. The molecule has 28 heavy (non-hydrogen) atoms. The molecule has 0 aliphatic carbocycles. The van der Waals surface area contributed by atoms with Gasteiger partial charge in [-0.15, -0.1) is 11.3 Å². The van der Waals surface area contributed by atoms with E-state index in [1.807, 2.05) is 12.1 Å². The van der Waals surface area contributed by atoms with Gasteiger partial charge in [-0.05, 0) is 19.9 Å². The van der Waals surface area contributed by atoms with Gasteiger partial charge in [0, 0.05) is 37.3 Å². The van der Waals surface area contributed by atoms with E-state index in [4.69, 9.17) is 14.6 Å². The SMILES string of the molecule is COC(C)(C)C(=O)N1CCO[C@@H](c2c(C(=O)NCCO)sc3ncccc23)C1. The molecule has 2 amide bonds. The van der Waals surface area contributed by atoms with E-state index in [1.54, 1.807) is 24.9 Å². The molecule has 9 heteroatoms. The van der Waals surface area contributed by atoms with Gasteiger partial charge in [0.15, 0.2) is 0 Å². The Morgan fingerprint density at radius 1 is 1.50 bits per heavy atom. The molecule has 2 aromatic heterocycles. The summed E-state index contributed by atoms with van der Waals surface area (Å²) in [5.41, 5.74) is -0.196. The van der Waals surface area contributed by atoms with Gasteiger partial charge in [0.05, 0.1) is 19.8 Å². The van der Waals surface area contributed by atoms with Crippen molar-refractivity contribution in [3.05, 3.63) is 28.8 Å². The Balaban J connectivity index is 1.95. The normalized spacial score (nSPS) is 17.7. The van der Waals surface area contributed by atoms with Crippen molar-refractivity contribution < 1.29 is 24.2 Å². The first-order chi connectivity index (χ1) is 13.4. The standard InChI is InChI=1S/C19H25N3O5S/c1-19(2,26-3)18(25)22-8-10-27-13(11-22)14-12-5-4-6-21-17(12)28-15(14)16(24)20-7-9-23/h4-6,13,23H,7-11H2,1-3H3,(H,20,24)/t13-/m1/s1. The van der Waals surface area contributed by atoms with Gasteiger partial charge in [0.2, 0.25) is 0 Å². The van der Waals surface area contributed by atoms with Crippen molar-refractivity contribution in [2.24, 2.45) is 0 Å². The number of nitrogens with one attached hydrogen (secondary N) is 1. The van der Waals surface area contributed by atoms with Crippen molar-refractivity contribution in [1.82, 2.24) is 15.2 Å². The molecule has 1 aliphatic heterocycles. The van der Waals surface area contributed by atoms with Gasteiger partial charge in [0.25, 0.3) is 11.8 Å². The average Bonchev–Trinajstić information content (AvgIpc) is 3.11. The number of hydrogen-bond donors (Lipinski definition) is 2. The van der Waals surface area contributed by atoms with Crippen LogP contribution in [0.2, 0.25) is 0 Å². The number of hydrogen-bond acceptors (Lipinski definition) is 7. The van der Waals surface area contributed by atoms with Crippen molar-refractivity contribution in [2.75, 3.05) is 40.0 Å². The molecule has 3 heterocycles. The second kappa shape index (κ2) is 8.52. The lowest BCUT2D eigenvalue weighted by Gasteiger charge is -2.37. The third-order valence-corrected chi connectivity index (χ3v) is 5.94. The maximum absolute atomic E-state index is 12.8. The number of fused-ring (bicyclic) bond motifs is 1. The second-order valence-corrected chi connectivity index (χ2v) is 8.00. The molecule has 1 atom stereocenters. The van der Waals surface area contributed by atoms with Gasteiger partial charge in [-0.1, -0.05) is 6.07 Å². The number of carbonyl (C=O) groups is 2. The van der Waals surface area contributed by atoms with Crippen LogP contribution in [0, 0.1) is 0 Å². The first kappa shape index (κ1) is 20.7. The highest BCUT2D eigenvalue weighted by Crippen LogP contribution is 2.37. The van der Waals surface area contributed by atoms with Crippen LogP contribution in [0.5, 0.6) is 0 Å². The Kier molecular flexibility index (Phi) is 6.29. The smallest absolute Gasteiger partial charge is 0.261 e. The summed E-state index contributed by atoms with van der Waals surface area (Å²) < 4.78 is 11.3. The number of aliphatic hydroxyl groups is 1. The van der Waals surface area contributed by atoms with Crippen molar-refractivity contribution >= 4 is 33.4 Å². The number of nitrogens with zero attached hydrogens (tertiary/aromatic N) is 2. The Morgan fingerprint density at radius 3 is 3.00 bits per heavy atom. The average molecular weight is 407 g/mol. The first-order valence-corrected chi connectivity index (χ1v) is 9.93. The van der Waals surface area contributed by atoms with Crippen LogP contribution < -0.4 is 5.32 Å². The van der Waals surface area contributed by atoms with Gasteiger partial charge in [-0.25, -0.2) is 4.98 Å². The largest absolute Gasteiger partial charge is 0.395 e. The zero-order valence-corrected chi connectivity index (χ0v) is 17.0. The number of morpholine rings is 1. The van der Waals surface area contributed by atoms with E-state index in [0.29, 0.717) is 24.6 Å². The van der Waals surface area contributed by atoms with Gasteiger partial charge >= 0.3 is 0 Å². The molecule has 3 rings (SSSR count). The Labute approximate surface area is 167 Å². The molecule has 0 saturated carbocycles. The van der Waals surface area contributed by atoms with Crippen LogP contribution in [-0.4, -0.2) is 72.4 Å². The summed E-state index contributed by atoms with van der Waals surface area (Å²) in [4.78, 5) is 32.8. The van der Waals surface area contributed by atoms with E-state index in [-0.39, 0.29) is 25.0 Å². The minimum absolute atomic E-state index is 0.118. The molecule has 2 N–H and O–H groups in total. The van der Waals surface area contributed by atoms with Gasteiger partial charge in [-0.2, -0.15) is 0 Å². The zero-order valence-electron chi connectivity index (χ0n) is 16.2. The Morgan fingerprint density at radius 2 is 2.29 bits per heavy atom. The Bertz CT molecular complexity index is 866. The molecule has 0 spiro atoms. The summed E-state index contributed by atoms with van der Waals surface area (Å²) in [6, 6.07) is 3.72. The minimum Gasteiger partial charge on any atom is -0.395 e. The third kappa shape index (κ3) is 4.02. The first-order valence-electron chi connectivity index (χ1n) is 9.11. The van der Waals surface area contributed by atoms with Gasteiger partial charge in [-0.3, -0.25) is 9.59 Å². The van der Waals surface area contributed by atoms with Crippen LogP contribution in [-0.2, 0) is 14.3 Å². The van der Waals surface area contributed by atoms with Crippen LogP contribution in [0.4, 0.5) is 0 Å². The van der Waals surface area contributed by atoms with Crippen molar-refractivity contribution in [3.8, 4) is 0 Å². The molecular weight excluding hydrogens is 382 g/mol. The summed E-state index contributed by atoms with van der Waals surface area (Å²) in [6.45, 7) is 4.65. The molecular formula is C19H25N3O5S. The van der Waals surface area contributed by atoms with Crippen LogP contribution in [0.1, 0.15) is 35.2 Å². The summed E-state index contributed by atoms with van der Waals surface area (Å²) >= 11 is 1.28. The van der Waals surface area contributed by atoms with E-state index in [1.165, 1.54) is 18.4 Å². The summed E-state index contributed by atoms with van der Waals surface area (Å²) in [5.74, 6) is -0.399. The van der Waals surface area contributed by atoms with E-state index in [2.05, 4.69) is 10.3 Å². The number of aliphatic hydroxyl groups excluding tert-OH is 1. The molecule has 0 radical (unpaired) electrons. The number of methoxy groups -OCH3 is 1. The van der Waals surface area contributed by atoms with Crippen LogP contribution >= 0.6 is 11.3 Å². The molecule has 2 aromatic rings. The summed E-state index contributed by atoms with van der Waals surface area (Å²) in [7, 11) is 1.51. The van der Waals surface area contributed by atoms with Crippen LogP contribution in [0.25, 0.3) is 10.2 Å². The lowest BCUT2D eigenvalue weighted by atomic mass is 10.0. The summed E-state index contributed by atoms with van der Waals surface area (Å²) in [6.07, 6.45) is 1.23. The third-order valence-electron chi connectivity index (χ3n) is 4.81. The molecule has 0 aromatic carbocycles. The van der Waals surface area contributed by atoms with Crippen molar-refractivity contribution in [1.29, 1.82) is 0 Å². The van der Waals surface area contributed by atoms with Crippen LogP contribution in [0.3, 0.4) is 0 Å². The minimum atomic E-state index is -0.929. The highest BCUT2D eigenvalue weighted by molar-refractivity contribution is 7.20. The molecule has 1 fully saturated rings. The number of aromatic nitrogens is 1. The fraction of sp³-hybridized carbons (Fsp3) is 0.526. The quantitative estimate of drug-likeness (QED) is 0.750. The predicted octanol–water partition coefficient (Wildman–Crippen LogP) is 1.34. The molecule has 1 saturated heterocycles. The van der Waals surface area contributed by atoms with E-state index in [0.717, 1.165) is 15.8 Å². The van der Waals surface area contributed by atoms with Gasteiger partial charge < -0.3 is 24.8 Å². The molecule has 0 unspecified atom stereocenters. The number of pyridine rings is 1. The molecule has 0 bridgehead atoms. The number of amides is 2. The molecule has 8 nitrogen and oxygen atoms in total. The second-order valence-electron chi connectivity index (χ2n) is 7.01. The fourth-order valence-corrected chi connectivity index (χ4v) is 4.28. The number of rotatable bonds is 6. The highest BCUT2D eigenvalue weighted by atomic mass is 32.1. The van der Waals surface area contributed by atoms with E-state index >= 15 is 0 Å². The van der Waals surface area contributed by atoms with Crippen molar-refractivity contribution in [2.45, 2.75) is 25.6 Å². The fourth-order valence-electron chi connectivity index (χ4n) is 3.17. The van der Waals surface area contributed by atoms with Gasteiger partial charge in [0.1, 0.15) is 21.4 Å². The monoisotopic (exact) mass is 407 g/mol. The van der Waals surface area contributed by atoms with E-state index < -0.39 is 11.7 Å². The number of ether oxygens (including phenoxy) is 2. The maximum Gasteiger partial charge on any atom is 0.261 e. The van der Waals surface area contributed by atoms with E-state index in [9.17, 15) is 9.59 Å². The zero-order chi connectivity index (χ0) is 20.3. The highest BCUT2D eigenvalue weighted by Gasteiger charge is 2.37. The lowest BCUT2D eigenvalue weighted by molar-refractivity contribution is -0.158. The number of carbonyl (C=O) groups excluding carboxylic acids is 2. The lowest BCUT2D eigenvalue weighted by Crippen LogP contribution is -2.51. The predicted molar refractivity (Wildman–Crippen MR) is 105 cm³/mol. The Hall–Kier alpha value is -2.07. The molecule has 152 valence electrons.